The highest BCUT2D eigenvalue weighted by molar-refractivity contribution is 9.10. The molecule has 0 radical (unpaired) electrons. The standard InChI is InChI=1S/C12H19BrN2/c1-9(2)15(3)12-8-11(13)5-4-10(12)6-7-14/h4-5,8-9H,6-7,14H2,1-3H3. The Morgan fingerprint density at radius 1 is 1.40 bits per heavy atom. The van der Waals surface area contributed by atoms with Crippen molar-refractivity contribution in [1.29, 1.82) is 0 Å². The van der Waals surface area contributed by atoms with Crippen LogP contribution in [0.1, 0.15) is 19.4 Å². The quantitative estimate of drug-likeness (QED) is 0.912. The maximum atomic E-state index is 5.61. The molecule has 1 aromatic rings. The number of hydrogen-bond donors (Lipinski definition) is 1. The van der Waals surface area contributed by atoms with Gasteiger partial charge in [-0.25, -0.2) is 0 Å². The highest BCUT2D eigenvalue weighted by Gasteiger charge is 2.10. The van der Waals surface area contributed by atoms with Gasteiger partial charge in [0, 0.05) is 23.2 Å². The van der Waals surface area contributed by atoms with Gasteiger partial charge in [0.1, 0.15) is 0 Å². The van der Waals surface area contributed by atoms with Crippen LogP contribution in [-0.2, 0) is 6.42 Å². The highest BCUT2D eigenvalue weighted by atomic mass is 79.9. The summed E-state index contributed by atoms with van der Waals surface area (Å²) in [6.45, 7) is 5.07. The minimum Gasteiger partial charge on any atom is -0.372 e. The van der Waals surface area contributed by atoms with Gasteiger partial charge in [-0.15, -0.1) is 0 Å². The van der Waals surface area contributed by atoms with Crippen LogP contribution in [0.5, 0.6) is 0 Å². The lowest BCUT2D eigenvalue weighted by Crippen LogP contribution is -2.27. The van der Waals surface area contributed by atoms with E-state index in [4.69, 9.17) is 5.73 Å². The smallest absolute Gasteiger partial charge is 0.0410 e. The molecule has 3 heteroatoms. The Balaban J connectivity index is 3.06. The van der Waals surface area contributed by atoms with Crippen LogP contribution in [0.4, 0.5) is 5.69 Å². The van der Waals surface area contributed by atoms with Gasteiger partial charge in [-0.05, 0) is 44.5 Å². The molecule has 0 amide bonds. The molecule has 0 saturated heterocycles. The zero-order valence-corrected chi connectivity index (χ0v) is 11.2. The lowest BCUT2D eigenvalue weighted by molar-refractivity contribution is 0.748. The van der Waals surface area contributed by atoms with Gasteiger partial charge in [-0.2, -0.15) is 0 Å². The molecule has 0 aliphatic heterocycles. The van der Waals surface area contributed by atoms with Gasteiger partial charge in [0.25, 0.3) is 0 Å². The number of benzene rings is 1. The van der Waals surface area contributed by atoms with E-state index < -0.39 is 0 Å². The summed E-state index contributed by atoms with van der Waals surface area (Å²) in [6.07, 6.45) is 0.930. The molecule has 0 saturated carbocycles. The van der Waals surface area contributed by atoms with Gasteiger partial charge >= 0.3 is 0 Å². The van der Waals surface area contributed by atoms with Crippen LogP contribution in [0.25, 0.3) is 0 Å². The van der Waals surface area contributed by atoms with Crippen LogP contribution in [-0.4, -0.2) is 19.6 Å². The van der Waals surface area contributed by atoms with E-state index in [1.54, 1.807) is 0 Å². The van der Waals surface area contributed by atoms with E-state index in [9.17, 15) is 0 Å². The average Bonchev–Trinajstić information content (AvgIpc) is 2.20. The molecule has 0 aliphatic rings. The second kappa shape index (κ2) is 5.52. The van der Waals surface area contributed by atoms with E-state index in [1.807, 2.05) is 0 Å². The minimum atomic E-state index is 0.496. The third-order valence-corrected chi connectivity index (χ3v) is 3.11. The van der Waals surface area contributed by atoms with Crippen molar-refractivity contribution in [2.75, 3.05) is 18.5 Å². The predicted molar refractivity (Wildman–Crippen MR) is 70.4 cm³/mol. The fourth-order valence-corrected chi connectivity index (χ4v) is 1.86. The Morgan fingerprint density at radius 2 is 2.07 bits per heavy atom. The molecule has 1 rings (SSSR count). The van der Waals surface area contributed by atoms with Gasteiger partial charge in [0.05, 0.1) is 0 Å². The van der Waals surface area contributed by atoms with Crippen molar-refractivity contribution in [2.24, 2.45) is 5.73 Å². The van der Waals surface area contributed by atoms with E-state index in [2.05, 4.69) is 59.9 Å². The van der Waals surface area contributed by atoms with Gasteiger partial charge in [0.15, 0.2) is 0 Å². The average molecular weight is 271 g/mol. The molecule has 0 spiro atoms. The molecule has 15 heavy (non-hydrogen) atoms. The third-order valence-electron chi connectivity index (χ3n) is 2.62. The molecule has 1 aromatic carbocycles. The van der Waals surface area contributed by atoms with E-state index in [1.165, 1.54) is 11.3 Å². The van der Waals surface area contributed by atoms with E-state index >= 15 is 0 Å². The zero-order chi connectivity index (χ0) is 11.4. The number of anilines is 1. The molecule has 0 aliphatic carbocycles. The first-order valence-corrected chi connectivity index (χ1v) is 6.07. The Labute approximate surface area is 101 Å². The number of nitrogens with zero attached hydrogens (tertiary/aromatic N) is 1. The summed E-state index contributed by atoms with van der Waals surface area (Å²) in [7, 11) is 2.12. The summed E-state index contributed by atoms with van der Waals surface area (Å²) in [6, 6.07) is 6.87. The van der Waals surface area contributed by atoms with Crippen LogP contribution in [0.3, 0.4) is 0 Å². The second-order valence-electron chi connectivity index (χ2n) is 4.02. The zero-order valence-electron chi connectivity index (χ0n) is 9.63. The molecule has 0 bridgehead atoms. The van der Waals surface area contributed by atoms with Crippen molar-refractivity contribution in [3.63, 3.8) is 0 Å². The summed E-state index contributed by atoms with van der Waals surface area (Å²) in [4.78, 5) is 2.27. The van der Waals surface area contributed by atoms with Crippen molar-refractivity contribution >= 4 is 21.6 Å². The van der Waals surface area contributed by atoms with Gasteiger partial charge in [0.2, 0.25) is 0 Å². The Kier molecular flexibility index (Phi) is 4.61. The normalized spacial score (nSPS) is 10.8. The topological polar surface area (TPSA) is 29.3 Å². The molecule has 2 nitrogen and oxygen atoms in total. The Morgan fingerprint density at radius 3 is 2.60 bits per heavy atom. The maximum Gasteiger partial charge on any atom is 0.0410 e. The van der Waals surface area contributed by atoms with E-state index in [0.717, 1.165) is 10.9 Å². The van der Waals surface area contributed by atoms with Crippen LogP contribution < -0.4 is 10.6 Å². The summed E-state index contributed by atoms with van der Waals surface area (Å²) in [5, 5.41) is 0. The molecule has 0 atom stereocenters. The molecule has 0 aromatic heterocycles. The molecular formula is C12H19BrN2. The first-order valence-electron chi connectivity index (χ1n) is 5.27. The molecule has 2 N–H and O–H groups in total. The lowest BCUT2D eigenvalue weighted by atomic mass is 10.1. The summed E-state index contributed by atoms with van der Waals surface area (Å²) in [5.74, 6) is 0. The first-order chi connectivity index (χ1) is 7.06. The number of rotatable bonds is 4. The van der Waals surface area contributed by atoms with Crippen LogP contribution in [0, 0.1) is 0 Å². The SMILES string of the molecule is CC(C)N(C)c1cc(Br)ccc1CCN. The summed E-state index contributed by atoms with van der Waals surface area (Å²) in [5.41, 5.74) is 8.20. The molecule has 0 fully saturated rings. The van der Waals surface area contributed by atoms with Gasteiger partial charge in [-0.1, -0.05) is 22.0 Å². The van der Waals surface area contributed by atoms with E-state index in [-0.39, 0.29) is 0 Å². The molecule has 84 valence electrons. The summed E-state index contributed by atoms with van der Waals surface area (Å²) < 4.78 is 1.12. The van der Waals surface area contributed by atoms with E-state index in [0.29, 0.717) is 12.6 Å². The Hall–Kier alpha value is -0.540. The monoisotopic (exact) mass is 270 g/mol. The number of nitrogens with two attached hydrogens (primary N) is 1. The van der Waals surface area contributed by atoms with Crippen LogP contribution in [0.15, 0.2) is 22.7 Å². The first kappa shape index (κ1) is 12.5. The Bertz CT molecular complexity index is 323. The van der Waals surface area contributed by atoms with Gasteiger partial charge in [-0.3, -0.25) is 0 Å². The maximum absolute atomic E-state index is 5.61. The molecular weight excluding hydrogens is 252 g/mol. The van der Waals surface area contributed by atoms with Crippen molar-refractivity contribution in [1.82, 2.24) is 0 Å². The largest absolute Gasteiger partial charge is 0.372 e. The van der Waals surface area contributed by atoms with Crippen LogP contribution >= 0.6 is 15.9 Å². The fraction of sp³-hybridized carbons (Fsp3) is 0.500. The van der Waals surface area contributed by atoms with Crippen molar-refractivity contribution in [3.05, 3.63) is 28.2 Å². The molecule has 0 heterocycles. The minimum absolute atomic E-state index is 0.496. The lowest BCUT2D eigenvalue weighted by Gasteiger charge is -2.26. The van der Waals surface area contributed by atoms with Crippen molar-refractivity contribution in [2.45, 2.75) is 26.3 Å². The third kappa shape index (κ3) is 3.21. The predicted octanol–water partition coefficient (Wildman–Crippen LogP) is 2.79. The summed E-state index contributed by atoms with van der Waals surface area (Å²) >= 11 is 3.51. The van der Waals surface area contributed by atoms with Crippen molar-refractivity contribution in [3.8, 4) is 0 Å². The highest BCUT2D eigenvalue weighted by Crippen LogP contribution is 2.25. The van der Waals surface area contributed by atoms with Crippen LogP contribution in [0.2, 0.25) is 0 Å². The number of halogens is 1. The fourth-order valence-electron chi connectivity index (χ4n) is 1.51. The molecule has 0 unspecified atom stereocenters. The van der Waals surface area contributed by atoms with Gasteiger partial charge < -0.3 is 10.6 Å². The second-order valence-corrected chi connectivity index (χ2v) is 4.93. The van der Waals surface area contributed by atoms with Crippen molar-refractivity contribution < 1.29 is 0 Å². The number of hydrogen-bond acceptors (Lipinski definition) is 2.